The van der Waals surface area contributed by atoms with Crippen LogP contribution in [-0.2, 0) is 0 Å². The number of hydrogen-bond acceptors (Lipinski definition) is 1. The molecular weight excluding hydrogens is 542 g/mol. The Balaban J connectivity index is 1.21. The highest BCUT2D eigenvalue weighted by atomic mass is 15.1. The summed E-state index contributed by atoms with van der Waals surface area (Å²) < 4.78 is 0. The second kappa shape index (κ2) is 12.8. The maximum Gasteiger partial charge on any atom is 0.0462 e. The number of nitrogens with zero attached hydrogens (tertiary/aromatic N) is 1. The number of benzene rings is 7. The Morgan fingerprint density at radius 1 is 0.289 bits per heavy atom. The van der Waals surface area contributed by atoms with E-state index in [1.807, 2.05) is 6.08 Å². The Bertz CT molecular complexity index is 1990. The van der Waals surface area contributed by atoms with E-state index >= 15 is 0 Å². The molecule has 0 N–H and O–H groups in total. The molecule has 0 atom stereocenters. The van der Waals surface area contributed by atoms with Crippen LogP contribution in [0, 0.1) is 0 Å². The maximum atomic E-state index is 3.88. The summed E-state index contributed by atoms with van der Waals surface area (Å²) in [5.41, 5.74) is 14.1. The fraction of sp³-hybridized carbons (Fsp3) is 0. The average Bonchev–Trinajstić information content (AvgIpc) is 3.13. The highest BCUT2D eigenvalue weighted by Crippen LogP contribution is 2.38. The number of hydrogen-bond donors (Lipinski definition) is 0. The van der Waals surface area contributed by atoms with Crippen LogP contribution in [0.15, 0.2) is 189 Å². The molecule has 0 heterocycles. The van der Waals surface area contributed by atoms with Crippen molar-refractivity contribution in [1.82, 2.24) is 0 Å². The van der Waals surface area contributed by atoms with Crippen molar-refractivity contribution in [2.75, 3.05) is 4.90 Å². The van der Waals surface area contributed by atoms with Crippen molar-refractivity contribution in [3.8, 4) is 44.5 Å². The Labute approximate surface area is 266 Å². The Morgan fingerprint density at radius 3 is 0.822 bits per heavy atom. The molecular formula is C44H33N. The van der Waals surface area contributed by atoms with Crippen LogP contribution in [0.3, 0.4) is 0 Å². The molecule has 0 aliphatic carbocycles. The molecule has 0 saturated heterocycles. The maximum absolute atomic E-state index is 3.88. The molecule has 0 aliphatic rings. The van der Waals surface area contributed by atoms with E-state index in [1.54, 1.807) is 0 Å². The summed E-state index contributed by atoms with van der Waals surface area (Å²) in [7, 11) is 0. The predicted octanol–water partition coefficient (Wildman–Crippen LogP) is 12.5. The van der Waals surface area contributed by atoms with Crippen molar-refractivity contribution in [2.24, 2.45) is 0 Å². The molecule has 0 unspecified atom stereocenters. The zero-order valence-electron chi connectivity index (χ0n) is 25.1. The third-order valence-electron chi connectivity index (χ3n) is 8.29. The summed E-state index contributed by atoms with van der Waals surface area (Å²) in [5.74, 6) is 0. The summed E-state index contributed by atoms with van der Waals surface area (Å²) in [6, 6.07) is 64.9. The molecule has 0 amide bonds. The minimum atomic E-state index is 1.11. The first-order chi connectivity index (χ1) is 22.2. The van der Waals surface area contributed by atoms with Crippen molar-refractivity contribution in [3.05, 3.63) is 194 Å². The SMILES string of the molecule is C=Cc1ccc(-c2ccc(N(c3ccc(-c4ccccc4)cc3)c3ccc(-c4ccc(-c5ccccc5)cc4)cc3)cc2)cc1. The van der Waals surface area contributed by atoms with Crippen LogP contribution in [0.4, 0.5) is 17.1 Å². The zero-order chi connectivity index (χ0) is 30.4. The lowest BCUT2D eigenvalue weighted by Crippen LogP contribution is -2.09. The van der Waals surface area contributed by atoms with Gasteiger partial charge in [0.1, 0.15) is 0 Å². The minimum Gasteiger partial charge on any atom is -0.311 e. The van der Waals surface area contributed by atoms with Crippen LogP contribution in [-0.4, -0.2) is 0 Å². The first-order valence-electron chi connectivity index (χ1n) is 15.3. The predicted molar refractivity (Wildman–Crippen MR) is 193 cm³/mol. The summed E-state index contributed by atoms with van der Waals surface area (Å²) in [6.07, 6.45) is 1.87. The molecule has 0 fully saturated rings. The summed E-state index contributed by atoms with van der Waals surface area (Å²) >= 11 is 0. The fourth-order valence-corrected chi connectivity index (χ4v) is 5.78. The lowest BCUT2D eigenvalue weighted by Gasteiger charge is -2.26. The van der Waals surface area contributed by atoms with Gasteiger partial charge in [0.15, 0.2) is 0 Å². The Kier molecular flexibility index (Phi) is 7.90. The highest BCUT2D eigenvalue weighted by molar-refractivity contribution is 5.81. The molecule has 0 spiro atoms. The topological polar surface area (TPSA) is 3.24 Å². The van der Waals surface area contributed by atoms with Gasteiger partial charge in [-0.2, -0.15) is 0 Å². The average molecular weight is 576 g/mol. The third-order valence-corrected chi connectivity index (χ3v) is 8.29. The molecule has 0 radical (unpaired) electrons. The van der Waals surface area contributed by atoms with Gasteiger partial charge >= 0.3 is 0 Å². The standard InChI is InChI=1S/C44H33N/c1-2-33-13-15-36(16-14-33)40-23-29-43(30-24-40)45(42-27-21-39(22-28-42)35-11-7-4-8-12-35)44-31-25-41(26-32-44)38-19-17-37(18-20-38)34-9-5-3-6-10-34/h2-32H,1H2. The molecule has 0 bridgehead atoms. The largest absolute Gasteiger partial charge is 0.311 e. The van der Waals surface area contributed by atoms with E-state index in [0.717, 1.165) is 22.6 Å². The van der Waals surface area contributed by atoms with Crippen LogP contribution in [0.1, 0.15) is 5.56 Å². The van der Waals surface area contributed by atoms with E-state index in [-0.39, 0.29) is 0 Å². The number of anilines is 3. The Morgan fingerprint density at radius 2 is 0.533 bits per heavy atom. The van der Waals surface area contributed by atoms with Gasteiger partial charge in [0.25, 0.3) is 0 Å². The van der Waals surface area contributed by atoms with Gasteiger partial charge in [0.05, 0.1) is 0 Å². The van der Waals surface area contributed by atoms with E-state index in [9.17, 15) is 0 Å². The molecule has 0 aliphatic heterocycles. The Hall–Kier alpha value is -5.92. The molecule has 214 valence electrons. The van der Waals surface area contributed by atoms with Gasteiger partial charge in [-0.15, -0.1) is 0 Å². The van der Waals surface area contributed by atoms with Gasteiger partial charge in [-0.1, -0.05) is 158 Å². The quantitative estimate of drug-likeness (QED) is 0.174. The van der Waals surface area contributed by atoms with Crippen molar-refractivity contribution in [2.45, 2.75) is 0 Å². The lowest BCUT2D eigenvalue weighted by molar-refractivity contribution is 1.28. The summed E-state index contributed by atoms with van der Waals surface area (Å²) in [4.78, 5) is 2.32. The monoisotopic (exact) mass is 575 g/mol. The van der Waals surface area contributed by atoms with Gasteiger partial charge in [-0.3, -0.25) is 0 Å². The first-order valence-corrected chi connectivity index (χ1v) is 15.3. The second-order valence-electron chi connectivity index (χ2n) is 11.1. The van der Waals surface area contributed by atoms with Crippen molar-refractivity contribution in [1.29, 1.82) is 0 Å². The summed E-state index contributed by atoms with van der Waals surface area (Å²) in [6.45, 7) is 3.88. The van der Waals surface area contributed by atoms with Crippen LogP contribution >= 0.6 is 0 Å². The first kappa shape index (κ1) is 27.9. The highest BCUT2D eigenvalue weighted by Gasteiger charge is 2.14. The fourth-order valence-electron chi connectivity index (χ4n) is 5.78. The van der Waals surface area contributed by atoms with E-state index in [2.05, 4.69) is 193 Å². The van der Waals surface area contributed by atoms with Crippen LogP contribution in [0.25, 0.3) is 50.6 Å². The van der Waals surface area contributed by atoms with Crippen molar-refractivity contribution >= 4 is 23.1 Å². The van der Waals surface area contributed by atoms with E-state index in [1.165, 1.54) is 44.5 Å². The van der Waals surface area contributed by atoms with E-state index in [4.69, 9.17) is 0 Å². The van der Waals surface area contributed by atoms with Gasteiger partial charge < -0.3 is 4.90 Å². The van der Waals surface area contributed by atoms with Crippen molar-refractivity contribution < 1.29 is 0 Å². The molecule has 0 saturated carbocycles. The van der Waals surface area contributed by atoms with Crippen LogP contribution < -0.4 is 4.90 Å². The van der Waals surface area contributed by atoms with Crippen LogP contribution in [0.2, 0.25) is 0 Å². The molecule has 1 heteroatoms. The normalized spacial score (nSPS) is 10.8. The third kappa shape index (κ3) is 6.11. The van der Waals surface area contributed by atoms with Crippen molar-refractivity contribution in [3.63, 3.8) is 0 Å². The molecule has 45 heavy (non-hydrogen) atoms. The lowest BCUT2D eigenvalue weighted by atomic mass is 10.00. The smallest absolute Gasteiger partial charge is 0.0462 e. The zero-order valence-corrected chi connectivity index (χ0v) is 25.1. The molecule has 1 nitrogen and oxygen atoms in total. The van der Waals surface area contributed by atoms with E-state index in [0.29, 0.717) is 0 Å². The van der Waals surface area contributed by atoms with Gasteiger partial charge in [0.2, 0.25) is 0 Å². The molecule has 7 rings (SSSR count). The second-order valence-corrected chi connectivity index (χ2v) is 11.1. The molecule has 0 aromatic heterocycles. The van der Waals surface area contributed by atoms with Crippen LogP contribution in [0.5, 0.6) is 0 Å². The van der Waals surface area contributed by atoms with Gasteiger partial charge in [-0.25, -0.2) is 0 Å². The molecule has 7 aromatic rings. The summed E-state index contributed by atoms with van der Waals surface area (Å²) in [5, 5.41) is 0. The number of rotatable bonds is 8. The van der Waals surface area contributed by atoms with E-state index < -0.39 is 0 Å². The molecule has 7 aromatic carbocycles. The minimum absolute atomic E-state index is 1.11. The van der Waals surface area contributed by atoms with Gasteiger partial charge in [0, 0.05) is 17.1 Å². The van der Waals surface area contributed by atoms with Gasteiger partial charge in [-0.05, 0) is 86.5 Å².